The molecule has 1 fully saturated rings. The molecule has 0 spiro atoms. The first-order valence-corrected chi connectivity index (χ1v) is 8.73. The molecule has 2 heterocycles. The topological polar surface area (TPSA) is 58.6 Å². The van der Waals surface area contributed by atoms with Crippen LogP contribution < -0.4 is 10.1 Å². The van der Waals surface area contributed by atoms with Crippen LogP contribution in [0.5, 0.6) is 5.75 Å². The van der Waals surface area contributed by atoms with E-state index in [0.29, 0.717) is 18.7 Å². The lowest BCUT2D eigenvalue weighted by atomic mass is 9.93. The molecule has 1 N–H and O–H groups in total. The summed E-state index contributed by atoms with van der Waals surface area (Å²) in [5.74, 6) is 0.724. The van der Waals surface area contributed by atoms with Gasteiger partial charge in [0, 0.05) is 35.5 Å². The molecule has 0 atom stereocenters. The summed E-state index contributed by atoms with van der Waals surface area (Å²) in [6, 6.07) is 14.9. The summed E-state index contributed by atoms with van der Waals surface area (Å²) in [6.07, 6.45) is 1.44. The van der Waals surface area contributed by atoms with Crippen LogP contribution in [-0.4, -0.2) is 36.9 Å². The van der Waals surface area contributed by atoms with Gasteiger partial charge in [0.1, 0.15) is 5.75 Å². The van der Waals surface area contributed by atoms with Crippen LogP contribution in [0.3, 0.4) is 0 Å². The van der Waals surface area contributed by atoms with E-state index < -0.39 is 0 Å². The Morgan fingerprint density at radius 3 is 2.42 bits per heavy atom. The number of nitrogens with one attached hydrogen (secondary N) is 1. The minimum absolute atomic E-state index is 0.0213. The molecule has 5 heteroatoms. The van der Waals surface area contributed by atoms with Gasteiger partial charge in [-0.1, -0.05) is 23.8 Å². The largest absolute Gasteiger partial charge is 0.497 e. The van der Waals surface area contributed by atoms with Crippen LogP contribution in [0.15, 0.2) is 54.1 Å². The SMILES string of the molecule is COc1ccc(C(=O)N2CCC(=C3C(=O)Nc4ccccc43)CC2)cc1. The first kappa shape index (κ1) is 16.4. The van der Waals surface area contributed by atoms with Crippen molar-refractivity contribution in [2.75, 3.05) is 25.5 Å². The molecule has 4 rings (SSSR count). The van der Waals surface area contributed by atoms with Gasteiger partial charge in [0.05, 0.1) is 7.11 Å². The molecule has 2 aromatic rings. The highest BCUT2D eigenvalue weighted by Crippen LogP contribution is 2.36. The van der Waals surface area contributed by atoms with Gasteiger partial charge in [-0.2, -0.15) is 0 Å². The summed E-state index contributed by atoms with van der Waals surface area (Å²) < 4.78 is 5.14. The smallest absolute Gasteiger partial charge is 0.256 e. The van der Waals surface area contributed by atoms with Gasteiger partial charge in [-0.05, 0) is 43.2 Å². The van der Waals surface area contributed by atoms with E-state index in [9.17, 15) is 9.59 Å². The quantitative estimate of drug-likeness (QED) is 0.847. The molecule has 0 saturated carbocycles. The average Bonchev–Trinajstić information content (AvgIpc) is 3.03. The zero-order chi connectivity index (χ0) is 18.1. The first-order chi connectivity index (χ1) is 12.7. The Morgan fingerprint density at radius 2 is 1.73 bits per heavy atom. The molecule has 5 nitrogen and oxygen atoms in total. The lowest BCUT2D eigenvalue weighted by Crippen LogP contribution is -2.36. The molecule has 2 aliphatic rings. The highest BCUT2D eigenvalue weighted by Gasteiger charge is 2.29. The number of hydrogen-bond donors (Lipinski definition) is 1. The number of carbonyl (C=O) groups excluding carboxylic acids is 2. The first-order valence-electron chi connectivity index (χ1n) is 8.73. The Kier molecular flexibility index (Phi) is 4.21. The van der Waals surface area contributed by atoms with Crippen molar-refractivity contribution >= 4 is 23.1 Å². The third-order valence-electron chi connectivity index (χ3n) is 5.02. The molecule has 2 aliphatic heterocycles. The van der Waals surface area contributed by atoms with Crippen LogP contribution >= 0.6 is 0 Å². The monoisotopic (exact) mass is 348 g/mol. The molecule has 0 radical (unpaired) electrons. The van der Waals surface area contributed by atoms with Crippen LogP contribution in [0.25, 0.3) is 5.57 Å². The highest BCUT2D eigenvalue weighted by atomic mass is 16.5. The molecule has 2 aromatic carbocycles. The molecule has 0 aliphatic carbocycles. The van der Waals surface area contributed by atoms with Crippen molar-refractivity contribution in [3.8, 4) is 5.75 Å². The van der Waals surface area contributed by atoms with E-state index in [4.69, 9.17) is 4.74 Å². The number of methoxy groups -OCH3 is 1. The van der Waals surface area contributed by atoms with Gasteiger partial charge in [0.15, 0.2) is 0 Å². The van der Waals surface area contributed by atoms with Crippen molar-refractivity contribution in [3.63, 3.8) is 0 Å². The second kappa shape index (κ2) is 6.67. The zero-order valence-corrected chi connectivity index (χ0v) is 14.6. The van der Waals surface area contributed by atoms with Crippen LogP contribution in [0.1, 0.15) is 28.8 Å². The van der Waals surface area contributed by atoms with Gasteiger partial charge >= 0.3 is 0 Å². The summed E-state index contributed by atoms with van der Waals surface area (Å²) in [5.41, 5.74) is 4.42. The van der Waals surface area contributed by atoms with Crippen molar-refractivity contribution in [2.24, 2.45) is 0 Å². The maximum atomic E-state index is 12.7. The summed E-state index contributed by atoms with van der Waals surface area (Å²) >= 11 is 0. The number of rotatable bonds is 2. The zero-order valence-electron chi connectivity index (χ0n) is 14.6. The fourth-order valence-corrected chi connectivity index (χ4v) is 3.61. The van der Waals surface area contributed by atoms with Crippen molar-refractivity contribution in [2.45, 2.75) is 12.8 Å². The molecule has 1 saturated heterocycles. The van der Waals surface area contributed by atoms with E-state index in [1.807, 2.05) is 29.2 Å². The van der Waals surface area contributed by atoms with Gasteiger partial charge in [0.2, 0.25) is 0 Å². The summed E-state index contributed by atoms with van der Waals surface area (Å²) in [5, 5.41) is 2.93. The maximum absolute atomic E-state index is 12.7. The van der Waals surface area contributed by atoms with Crippen molar-refractivity contribution < 1.29 is 14.3 Å². The molecular formula is C21H20N2O3. The van der Waals surface area contributed by atoms with Gasteiger partial charge in [-0.25, -0.2) is 0 Å². The average molecular weight is 348 g/mol. The summed E-state index contributed by atoms with van der Waals surface area (Å²) in [4.78, 5) is 26.9. The Hall–Kier alpha value is -3.08. The van der Waals surface area contributed by atoms with Gasteiger partial charge in [-0.15, -0.1) is 0 Å². The minimum Gasteiger partial charge on any atom is -0.497 e. The fraction of sp³-hybridized carbons (Fsp3) is 0.238. The number of nitrogens with zero attached hydrogens (tertiary/aromatic N) is 1. The van der Waals surface area contributed by atoms with Gasteiger partial charge in [0.25, 0.3) is 11.8 Å². The van der Waals surface area contributed by atoms with E-state index in [-0.39, 0.29) is 11.8 Å². The van der Waals surface area contributed by atoms with E-state index in [1.54, 1.807) is 31.4 Å². The number of benzene rings is 2. The Morgan fingerprint density at radius 1 is 1.04 bits per heavy atom. The Bertz CT molecular complexity index is 890. The van der Waals surface area contributed by atoms with Gasteiger partial charge < -0.3 is 15.0 Å². The van der Waals surface area contributed by atoms with Crippen LogP contribution in [0.4, 0.5) is 5.69 Å². The predicted octanol–water partition coefficient (Wildman–Crippen LogP) is 3.34. The number of hydrogen-bond acceptors (Lipinski definition) is 3. The molecule has 26 heavy (non-hydrogen) atoms. The Labute approximate surface area is 152 Å². The Balaban J connectivity index is 1.50. The highest BCUT2D eigenvalue weighted by molar-refractivity contribution is 6.32. The number of likely N-dealkylation sites (tertiary alicyclic amines) is 1. The molecule has 2 amide bonds. The fourth-order valence-electron chi connectivity index (χ4n) is 3.61. The lowest BCUT2D eigenvalue weighted by molar-refractivity contribution is -0.110. The second-order valence-corrected chi connectivity index (χ2v) is 6.50. The van der Waals surface area contributed by atoms with Crippen molar-refractivity contribution in [1.29, 1.82) is 0 Å². The number of para-hydroxylation sites is 1. The number of fused-ring (bicyclic) bond motifs is 1. The van der Waals surface area contributed by atoms with Crippen LogP contribution in [0.2, 0.25) is 0 Å². The lowest BCUT2D eigenvalue weighted by Gasteiger charge is -2.29. The molecule has 132 valence electrons. The third kappa shape index (κ3) is 2.86. The van der Waals surface area contributed by atoms with E-state index in [0.717, 1.165) is 41.0 Å². The number of ether oxygens (including phenoxy) is 1. The third-order valence-corrected chi connectivity index (χ3v) is 5.02. The maximum Gasteiger partial charge on any atom is 0.256 e. The van der Waals surface area contributed by atoms with Crippen molar-refractivity contribution in [1.82, 2.24) is 4.90 Å². The predicted molar refractivity (Wildman–Crippen MR) is 100 cm³/mol. The molecular weight excluding hydrogens is 328 g/mol. The molecule has 0 aromatic heterocycles. The molecule has 0 unspecified atom stereocenters. The van der Waals surface area contributed by atoms with E-state index in [1.165, 1.54) is 0 Å². The number of piperidine rings is 1. The van der Waals surface area contributed by atoms with Crippen molar-refractivity contribution in [3.05, 3.63) is 65.2 Å². The second-order valence-electron chi connectivity index (χ2n) is 6.50. The normalized spacial score (nSPS) is 16.3. The number of anilines is 1. The minimum atomic E-state index is -0.0314. The summed E-state index contributed by atoms with van der Waals surface area (Å²) in [7, 11) is 1.60. The number of carbonyl (C=O) groups is 2. The summed E-state index contributed by atoms with van der Waals surface area (Å²) in [6.45, 7) is 1.25. The van der Waals surface area contributed by atoms with Crippen LogP contribution in [0, 0.1) is 0 Å². The molecule has 0 bridgehead atoms. The van der Waals surface area contributed by atoms with E-state index >= 15 is 0 Å². The number of amides is 2. The standard InChI is InChI=1S/C21H20N2O3/c1-26-16-8-6-15(7-9-16)21(25)23-12-10-14(11-13-23)19-17-4-2-3-5-18(17)22-20(19)24/h2-9H,10-13H2,1H3,(H,22,24). The van der Waals surface area contributed by atoms with Gasteiger partial charge in [-0.3, -0.25) is 9.59 Å². The van der Waals surface area contributed by atoms with E-state index in [2.05, 4.69) is 5.32 Å². The van der Waals surface area contributed by atoms with Crippen LogP contribution in [-0.2, 0) is 4.79 Å².